The summed E-state index contributed by atoms with van der Waals surface area (Å²) in [7, 11) is -0.606. The maximum Gasteiger partial charge on any atom is 0.573 e. The van der Waals surface area contributed by atoms with Crippen LogP contribution in [0.25, 0.3) is 22.4 Å². The van der Waals surface area contributed by atoms with Gasteiger partial charge in [-0.25, -0.2) is 14.8 Å². The quantitative estimate of drug-likeness (QED) is 0.135. The Morgan fingerprint density at radius 3 is 2.23 bits per heavy atom. The third-order valence-electron chi connectivity index (χ3n) is 11.1. The number of pyridine rings is 1. The van der Waals surface area contributed by atoms with Crippen molar-refractivity contribution < 1.29 is 41.8 Å². The van der Waals surface area contributed by atoms with Gasteiger partial charge in [-0.15, -0.1) is 13.2 Å². The zero-order valence-electron chi connectivity index (χ0n) is 36.5. The van der Waals surface area contributed by atoms with E-state index in [0.717, 1.165) is 12.1 Å². The van der Waals surface area contributed by atoms with E-state index in [1.165, 1.54) is 25.4 Å². The second kappa shape index (κ2) is 17.8. The largest absolute Gasteiger partial charge is 0.573 e. The summed E-state index contributed by atoms with van der Waals surface area (Å²) in [5, 5.41) is 5.33. The van der Waals surface area contributed by atoms with Crippen molar-refractivity contribution in [3.8, 4) is 28.1 Å². The van der Waals surface area contributed by atoms with E-state index in [2.05, 4.69) is 48.3 Å². The van der Waals surface area contributed by atoms with Gasteiger partial charge in [-0.3, -0.25) is 14.4 Å². The van der Waals surface area contributed by atoms with E-state index < -0.39 is 43.6 Å². The number of benzene rings is 2. The van der Waals surface area contributed by atoms with Crippen LogP contribution in [0.3, 0.4) is 0 Å². The molecular weight excluding hydrogens is 822 g/mol. The number of aromatic nitrogens is 3. The number of rotatable bonds is 10. The molecule has 2 aromatic heterocycles. The minimum absolute atomic E-state index is 0.00844. The van der Waals surface area contributed by atoms with E-state index in [1.807, 2.05) is 46.4 Å². The molecule has 2 unspecified atom stereocenters. The Kier molecular flexibility index (Phi) is 13.1. The zero-order chi connectivity index (χ0) is 45.3. The molecule has 3 atom stereocenters. The van der Waals surface area contributed by atoms with Crippen LogP contribution in [0.5, 0.6) is 5.75 Å². The van der Waals surface area contributed by atoms with Crippen LogP contribution < -0.4 is 20.3 Å². The maximum atomic E-state index is 13.8. The highest BCUT2D eigenvalue weighted by Gasteiger charge is 2.46. The first-order valence-electron chi connectivity index (χ1n) is 20.6. The molecule has 4 heterocycles. The molecule has 0 spiro atoms. The Morgan fingerprint density at radius 1 is 0.935 bits per heavy atom. The van der Waals surface area contributed by atoms with Crippen LogP contribution in [0, 0.1) is 11.3 Å². The second-order valence-corrected chi connectivity index (χ2v) is 23.2. The number of nitrogens with one attached hydrogen (secondary N) is 3. The average Bonchev–Trinajstić information content (AvgIpc) is 3.83. The standard InChI is InChI=1S/C44H55F3N8O6Si/c1-26(2)37(52-42(59)60-7)40(57)55-25-62(8,9)24-34(55)38-49-22-33(51-38)29-12-10-28(11-13-29)32-16-15-31(20-35(32)61-44(45,46)47)50-39(56)30-14-17-36(48-21-30)54-19-18-53(23-27(54)3)41(58)43(4,5)6/h10-17,20-22,26-27,34,37H,18-19,23-25H2,1-9H3,(H,49,51)(H,50,56)(H,52,59)/t27?,34?,37-/m0/s1. The normalized spacial score (nSPS) is 18.4. The summed E-state index contributed by atoms with van der Waals surface area (Å²) in [6, 6.07) is 13.8. The number of hydrogen-bond acceptors (Lipinski definition) is 9. The van der Waals surface area contributed by atoms with Crippen molar-refractivity contribution in [3.05, 3.63) is 78.4 Å². The molecular formula is C44H55F3N8O6Si. The summed E-state index contributed by atoms with van der Waals surface area (Å²) in [5.41, 5.74) is 1.75. The lowest BCUT2D eigenvalue weighted by Crippen LogP contribution is -2.56. The van der Waals surface area contributed by atoms with E-state index in [9.17, 15) is 32.3 Å². The Morgan fingerprint density at radius 2 is 1.63 bits per heavy atom. The Balaban J connectivity index is 1.15. The van der Waals surface area contributed by atoms with Gasteiger partial charge in [-0.1, -0.05) is 72.0 Å². The summed E-state index contributed by atoms with van der Waals surface area (Å²) in [4.78, 5) is 70.2. The molecule has 62 heavy (non-hydrogen) atoms. The van der Waals surface area contributed by atoms with Crippen molar-refractivity contribution >= 4 is 43.4 Å². The van der Waals surface area contributed by atoms with Gasteiger partial charge in [0.05, 0.1) is 38.7 Å². The van der Waals surface area contributed by atoms with Gasteiger partial charge in [0.1, 0.15) is 23.4 Å². The van der Waals surface area contributed by atoms with Crippen molar-refractivity contribution in [2.75, 3.05) is 43.1 Å². The predicted molar refractivity (Wildman–Crippen MR) is 232 cm³/mol. The van der Waals surface area contributed by atoms with Crippen LogP contribution in [0.15, 0.2) is 67.0 Å². The van der Waals surface area contributed by atoms with E-state index in [-0.39, 0.29) is 46.6 Å². The number of halogens is 3. The fraction of sp³-hybridized carbons (Fsp3) is 0.455. The molecule has 6 rings (SSSR count). The van der Waals surface area contributed by atoms with E-state index >= 15 is 0 Å². The van der Waals surface area contributed by atoms with Crippen LogP contribution in [0.4, 0.5) is 29.5 Å². The van der Waals surface area contributed by atoms with Crippen LogP contribution in [-0.2, 0) is 14.3 Å². The lowest BCUT2D eigenvalue weighted by molar-refractivity contribution is -0.274. The monoisotopic (exact) mass is 876 g/mol. The number of amides is 4. The number of piperazine rings is 1. The van der Waals surface area contributed by atoms with Crippen LogP contribution in [0.1, 0.15) is 63.8 Å². The molecule has 18 heteroatoms. The van der Waals surface area contributed by atoms with Gasteiger partial charge in [-0.2, -0.15) is 0 Å². The van der Waals surface area contributed by atoms with Gasteiger partial charge < -0.3 is 39.8 Å². The van der Waals surface area contributed by atoms with Crippen LogP contribution in [-0.4, -0.2) is 108 Å². The predicted octanol–water partition coefficient (Wildman–Crippen LogP) is 7.88. The van der Waals surface area contributed by atoms with Crippen molar-refractivity contribution in [1.29, 1.82) is 0 Å². The van der Waals surface area contributed by atoms with E-state index in [4.69, 9.17) is 4.74 Å². The number of carbonyl (C=O) groups is 4. The fourth-order valence-electron chi connectivity index (χ4n) is 8.00. The Bertz CT molecular complexity index is 2280. The number of carbonyl (C=O) groups excluding carboxylic acids is 4. The minimum Gasteiger partial charge on any atom is -0.453 e. The first-order valence-corrected chi connectivity index (χ1v) is 24.0. The van der Waals surface area contributed by atoms with Crippen LogP contribution in [0.2, 0.25) is 19.1 Å². The van der Waals surface area contributed by atoms with Gasteiger partial charge in [0.2, 0.25) is 11.8 Å². The number of alkyl halides is 3. The topological polar surface area (TPSA) is 162 Å². The Labute approximate surface area is 360 Å². The summed E-state index contributed by atoms with van der Waals surface area (Å²) < 4.78 is 50.4. The number of anilines is 2. The molecule has 3 N–H and O–H groups in total. The molecule has 2 fully saturated rings. The summed E-state index contributed by atoms with van der Waals surface area (Å²) in [6.45, 7) is 17.5. The highest BCUT2D eigenvalue weighted by Crippen LogP contribution is 2.40. The number of aromatic amines is 1. The third kappa shape index (κ3) is 10.6. The number of methoxy groups -OCH3 is 1. The highest BCUT2D eigenvalue weighted by molar-refractivity contribution is 6.78. The molecule has 0 saturated carbocycles. The summed E-state index contributed by atoms with van der Waals surface area (Å²) in [5.74, 6) is -0.145. The molecule has 0 radical (unpaired) electrons. The molecule has 14 nitrogen and oxygen atoms in total. The number of nitrogens with zero attached hydrogens (tertiary/aromatic N) is 5. The lowest BCUT2D eigenvalue weighted by atomic mass is 9.94. The molecule has 2 aliphatic heterocycles. The Hall–Kier alpha value is -5.91. The van der Waals surface area contributed by atoms with Gasteiger partial charge >= 0.3 is 12.5 Å². The maximum absolute atomic E-state index is 13.8. The molecule has 0 bridgehead atoms. The van der Waals surface area contributed by atoms with Crippen molar-refractivity contribution in [3.63, 3.8) is 0 Å². The molecule has 4 aromatic rings. The van der Waals surface area contributed by atoms with E-state index in [1.54, 1.807) is 47.5 Å². The van der Waals surface area contributed by atoms with Gasteiger partial charge in [0, 0.05) is 60.8 Å². The number of H-pyrrole nitrogens is 1. The number of ether oxygens (including phenoxy) is 2. The minimum atomic E-state index is -5.01. The molecule has 332 valence electrons. The van der Waals surface area contributed by atoms with Gasteiger partial charge in [0.15, 0.2) is 0 Å². The molecule has 4 amide bonds. The van der Waals surface area contributed by atoms with Crippen LogP contribution >= 0.6 is 0 Å². The van der Waals surface area contributed by atoms with Crippen molar-refractivity contribution in [1.82, 2.24) is 30.1 Å². The molecule has 0 aliphatic carbocycles. The number of imidazole rings is 1. The summed E-state index contributed by atoms with van der Waals surface area (Å²) in [6.07, 6.45) is -2.04. The smallest absolute Gasteiger partial charge is 0.453 e. The molecule has 2 saturated heterocycles. The van der Waals surface area contributed by atoms with Gasteiger partial charge in [0.25, 0.3) is 5.91 Å². The van der Waals surface area contributed by atoms with E-state index in [0.29, 0.717) is 54.3 Å². The first-order chi connectivity index (χ1) is 29.0. The average molecular weight is 877 g/mol. The van der Waals surface area contributed by atoms with Gasteiger partial charge in [-0.05, 0) is 54.3 Å². The molecule has 2 aromatic carbocycles. The second-order valence-electron chi connectivity index (χ2n) is 18.1. The lowest BCUT2D eigenvalue weighted by Gasteiger charge is -2.42. The fourth-order valence-corrected chi connectivity index (χ4v) is 10.9. The third-order valence-corrected chi connectivity index (χ3v) is 13.8. The first kappa shape index (κ1) is 45.6. The van der Waals surface area contributed by atoms with Crippen molar-refractivity contribution in [2.45, 2.75) is 85.2 Å². The SMILES string of the molecule is COC(=O)N[C@H](C(=O)N1C[Si](C)(C)CC1c1ncc(-c2ccc(-c3ccc(NC(=O)c4ccc(N5CCN(C(=O)C(C)(C)C)CC5C)nc4)cc3OC(F)(F)F)cc2)[nH]1)C(C)C. The number of hydrogen-bond donors (Lipinski definition) is 3. The number of alkyl carbamates (subject to hydrolysis) is 1. The summed E-state index contributed by atoms with van der Waals surface area (Å²) >= 11 is 0. The van der Waals surface area contributed by atoms with Crippen molar-refractivity contribution in [2.24, 2.45) is 11.3 Å². The highest BCUT2D eigenvalue weighted by atomic mass is 28.3. The molecule has 2 aliphatic rings. The zero-order valence-corrected chi connectivity index (χ0v) is 37.5.